The molecule has 3 atom stereocenters. The topological polar surface area (TPSA) is 106 Å². The van der Waals surface area contributed by atoms with Crippen molar-refractivity contribution in [3.63, 3.8) is 0 Å². The van der Waals surface area contributed by atoms with E-state index in [-0.39, 0.29) is 24.2 Å². The van der Waals surface area contributed by atoms with E-state index in [9.17, 15) is 4.79 Å². The van der Waals surface area contributed by atoms with Crippen LogP contribution in [0.3, 0.4) is 0 Å². The van der Waals surface area contributed by atoms with Gasteiger partial charge in [0.1, 0.15) is 0 Å². The van der Waals surface area contributed by atoms with Crippen LogP contribution in [0.5, 0.6) is 0 Å². The zero-order chi connectivity index (χ0) is 22.5. The minimum atomic E-state index is -0.387. The van der Waals surface area contributed by atoms with Crippen LogP contribution in [-0.4, -0.2) is 66.7 Å². The highest BCUT2D eigenvalue weighted by molar-refractivity contribution is 5.80. The van der Waals surface area contributed by atoms with Gasteiger partial charge >= 0.3 is 0 Å². The molecule has 32 heavy (non-hydrogen) atoms. The monoisotopic (exact) mass is 429 g/mol. The van der Waals surface area contributed by atoms with Crippen molar-refractivity contribution in [1.82, 2.24) is 9.80 Å². The third-order valence-electron chi connectivity index (χ3n) is 6.27. The van der Waals surface area contributed by atoms with E-state index in [4.69, 9.17) is 21.0 Å². The summed E-state index contributed by atoms with van der Waals surface area (Å²) in [6.07, 6.45) is 1.55. The van der Waals surface area contributed by atoms with Crippen LogP contribution in [0, 0.1) is 22.7 Å². The van der Waals surface area contributed by atoms with Crippen LogP contribution in [0.2, 0.25) is 0 Å². The van der Waals surface area contributed by atoms with Gasteiger partial charge in [0.15, 0.2) is 0 Å². The standard InChI is InChI=1S/C25H27N5O2/c26-12-20-5-1-18(2-6-20)9-10-29-14-22-16-30(17-23(15-29)32-22)24(25(28)31)11-19-3-7-21(13-27)8-4-19/h1-8,22-24H,9-11,14-17H2,(H2,28,31). The molecular formula is C25H27N5O2. The average Bonchev–Trinajstić information content (AvgIpc) is 2.81. The normalized spacial score (nSPS) is 21.9. The molecule has 7 heteroatoms. The number of nitrogens with zero attached hydrogens (tertiary/aromatic N) is 4. The van der Waals surface area contributed by atoms with Crippen molar-refractivity contribution in [2.45, 2.75) is 31.1 Å². The number of nitrogens with two attached hydrogens (primary N) is 1. The van der Waals surface area contributed by atoms with Gasteiger partial charge in [0.2, 0.25) is 5.91 Å². The van der Waals surface area contributed by atoms with E-state index >= 15 is 0 Å². The second-order valence-corrected chi connectivity index (χ2v) is 8.58. The van der Waals surface area contributed by atoms with Gasteiger partial charge in [-0.2, -0.15) is 10.5 Å². The van der Waals surface area contributed by atoms with Gasteiger partial charge in [-0.1, -0.05) is 24.3 Å². The molecule has 0 spiro atoms. The lowest BCUT2D eigenvalue weighted by Gasteiger charge is -2.47. The fourth-order valence-electron chi connectivity index (χ4n) is 4.63. The zero-order valence-electron chi connectivity index (χ0n) is 18.0. The van der Waals surface area contributed by atoms with Crippen LogP contribution in [-0.2, 0) is 22.4 Å². The van der Waals surface area contributed by atoms with E-state index < -0.39 is 0 Å². The molecule has 0 saturated carbocycles. The van der Waals surface area contributed by atoms with Crippen molar-refractivity contribution in [2.24, 2.45) is 5.73 Å². The summed E-state index contributed by atoms with van der Waals surface area (Å²) in [5.74, 6) is -0.327. The fourth-order valence-corrected chi connectivity index (χ4v) is 4.63. The van der Waals surface area contributed by atoms with Crippen molar-refractivity contribution < 1.29 is 9.53 Å². The van der Waals surface area contributed by atoms with E-state index in [2.05, 4.69) is 21.9 Å². The number of carbonyl (C=O) groups excluding carboxylic acids is 1. The van der Waals surface area contributed by atoms with Gasteiger partial charge < -0.3 is 10.5 Å². The predicted octanol–water partition coefficient (Wildman–Crippen LogP) is 1.45. The Kier molecular flexibility index (Phi) is 6.82. The second-order valence-electron chi connectivity index (χ2n) is 8.58. The Morgan fingerprint density at radius 1 is 0.938 bits per heavy atom. The molecule has 0 radical (unpaired) electrons. The van der Waals surface area contributed by atoms with Crippen LogP contribution in [0.1, 0.15) is 22.3 Å². The molecule has 2 aromatic carbocycles. The molecule has 0 aromatic heterocycles. The number of benzene rings is 2. The molecule has 2 aromatic rings. The van der Waals surface area contributed by atoms with Crippen LogP contribution < -0.4 is 5.73 Å². The van der Waals surface area contributed by atoms with Gasteiger partial charge in [-0.25, -0.2) is 0 Å². The lowest BCUT2D eigenvalue weighted by atomic mass is 9.99. The molecule has 2 fully saturated rings. The van der Waals surface area contributed by atoms with Gasteiger partial charge in [-0.05, 0) is 48.2 Å². The molecule has 2 heterocycles. The van der Waals surface area contributed by atoms with Crippen LogP contribution in [0.25, 0.3) is 0 Å². The number of rotatable bonds is 7. The summed E-state index contributed by atoms with van der Waals surface area (Å²) in [5, 5.41) is 17.9. The van der Waals surface area contributed by atoms with E-state index in [1.54, 1.807) is 12.1 Å². The highest BCUT2D eigenvalue weighted by atomic mass is 16.5. The van der Waals surface area contributed by atoms with E-state index in [1.165, 1.54) is 5.56 Å². The van der Waals surface area contributed by atoms with Gasteiger partial charge in [0.25, 0.3) is 0 Å². The number of fused-ring (bicyclic) bond motifs is 2. The largest absolute Gasteiger partial charge is 0.370 e. The maximum Gasteiger partial charge on any atom is 0.235 e. The number of hydrogen-bond donors (Lipinski definition) is 1. The quantitative estimate of drug-likeness (QED) is 0.714. The van der Waals surface area contributed by atoms with E-state index in [1.807, 2.05) is 36.4 Å². The summed E-state index contributed by atoms with van der Waals surface area (Å²) < 4.78 is 6.17. The molecule has 2 aliphatic heterocycles. The summed E-state index contributed by atoms with van der Waals surface area (Å²) >= 11 is 0. The molecule has 2 bridgehead atoms. The third kappa shape index (κ3) is 5.33. The minimum Gasteiger partial charge on any atom is -0.370 e. The maximum atomic E-state index is 12.3. The number of ether oxygens (including phenoxy) is 1. The molecule has 2 aliphatic rings. The van der Waals surface area contributed by atoms with Gasteiger partial charge in [-0.3, -0.25) is 14.6 Å². The number of carbonyl (C=O) groups is 1. The number of nitriles is 2. The van der Waals surface area contributed by atoms with Gasteiger partial charge in [0, 0.05) is 32.7 Å². The van der Waals surface area contributed by atoms with Gasteiger partial charge in [0.05, 0.1) is 41.5 Å². The SMILES string of the molecule is N#Cc1ccc(CCN2CC3CN(C(Cc4ccc(C#N)cc4)C(N)=O)CC(C2)O3)cc1. The van der Waals surface area contributed by atoms with Crippen molar-refractivity contribution in [3.8, 4) is 12.1 Å². The Morgan fingerprint density at radius 2 is 1.47 bits per heavy atom. The predicted molar refractivity (Wildman–Crippen MR) is 119 cm³/mol. The Morgan fingerprint density at radius 3 is 1.97 bits per heavy atom. The molecule has 164 valence electrons. The van der Waals surface area contributed by atoms with Crippen molar-refractivity contribution >= 4 is 5.91 Å². The molecule has 3 unspecified atom stereocenters. The van der Waals surface area contributed by atoms with Crippen LogP contribution >= 0.6 is 0 Å². The first-order valence-corrected chi connectivity index (χ1v) is 10.9. The van der Waals surface area contributed by atoms with Crippen molar-refractivity contribution in [2.75, 3.05) is 32.7 Å². The first-order chi connectivity index (χ1) is 15.5. The molecule has 4 rings (SSSR count). The molecule has 1 amide bonds. The summed E-state index contributed by atoms with van der Waals surface area (Å²) in [5.41, 5.74) is 9.28. The third-order valence-corrected chi connectivity index (χ3v) is 6.27. The van der Waals surface area contributed by atoms with Crippen molar-refractivity contribution in [1.29, 1.82) is 10.5 Å². The van der Waals surface area contributed by atoms with Gasteiger partial charge in [-0.15, -0.1) is 0 Å². The van der Waals surface area contributed by atoms with E-state index in [0.29, 0.717) is 30.6 Å². The molecule has 2 N–H and O–H groups in total. The number of amides is 1. The smallest absolute Gasteiger partial charge is 0.235 e. The van der Waals surface area contributed by atoms with Crippen molar-refractivity contribution in [3.05, 3.63) is 70.8 Å². The maximum absolute atomic E-state index is 12.3. The first kappa shape index (κ1) is 22.0. The number of hydrogen-bond acceptors (Lipinski definition) is 6. The molecule has 7 nitrogen and oxygen atoms in total. The highest BCUT2D eigenvalue weighted by Gasteiger charge is 2.38. The molecule has 2 saturated heterocycles. The number of morpholine rings is 2. The Labute approximate surface area is 188 Å². The summed E-state index contributed by atoms with van der Waals surface area (Å²) in [6, 6.07) is 19.0. The highest BCUT2D eigenvalue weighted by Crippen LogP contribution is 2.23. The fraction of sp³-hybridized carbons (Fsp3) is 0.400. The zero-order valence-corrected chi connectivity index (χ0v) is 18.0. The Hall–Kier alpha value is -3.23. The molecule has 0 aliphatic carbocycles. The summed E-state index contributed by atoms with van der Waals surface area (Å²) in [4.78, 5) is 16.9. The Balaban J connectivity index is 1.34. The lowest BCUT2D eigenvalue weighted by Crippen LogP contribution is -2.63. The Bertz CT molecular complexity index is 1010. The van der Waals surface area contributed by atoms with Crippen LogP contribution in [0.15, 0.2) is 48.5 Å². The first-order valence-electron chi connectivity index (χ1n) is 10.9. The van der Waals surface area contributed by atoms with Crippen LogP contribution in [0.4, 0.5) is 0 Å². The molecular weight excluding hydrogens is 402 g/mol. The van der Waals surface area contributed by atoms with E-state index in [0.717, 1.165) is 31.6 Å². The lowest BCUT2D eigenvalue weighted by molar-refractivity contribution is -0.152. The number of primary amides is 1. The average molecular weight is 430 g/mol. The minimum absolute atomic E-state index is 0.0475. The summed E-state index contributed by atoms with van der Waals surface area (Å²) in [7, 11) is 0. The summed E-state index contributed by atoms with van der Waals surface area (Å²) in [6.45, 7) is 3.94. The second kappa shape index (κ2) is 9.93.